The van der Waals surface area contributed by atoms with Gasteiger partial charge >= 0.3 is 0 Å². The normalized spacial score (nSPS) is 12.3. The summed E-state index contributed by atoms with van der Waals surface area (Å²) in [5.41, 5.74) is 2.34. The van der Waals surface area contributed by atoms with Gasteiger partial charge in [0.1, 0.15) is 0 Å². The van der Waals surface area contributed by atoms with Crippen molar-refractivity contribution in [1.82, 2.24) is 0 Å². The molecular formula is C18H15BrClN. The van der Waals surface area contributed by atoms with E-state index < -0.39 is 0 Å². The molecule has 0 aromatic heterocycles. The van der Waals surface area contributed by atoms with Crippen molar-refractivity contribution >= 4 is 44.0 Å². The van der Waals surface area contributed by atoms with Crippen LogP contribution in [0.1, 0.15) is 18.5 Å². The van der Waals surface area contributed by atoms with Gasteiger partial charge in [-0.15, -0.1) is 0 Å². The maximum atomic E-state index is 6.04. The van der Waals surface area contributed by atoms with Crippen LogP contribution in [0.4, 0.5) is 5.69 Å². The van der Waals surface area contributed by atoms with E-state index in [0.717, 1.165) is 15.2 Å². The number of halogens is 2. The van der Waals surface area contributed by atoms with E-state index in [2.05, 4.69) is 70.6 Å². The van der Waals surface area contributed by atoms with Crippen LogP contribution in [0.15, 0.2) is 65.1 Å². The van der Waals surface area contributed by atoms with Crippen molar-refractivity contribution in [3.8, 4) is 0 Å². The highest BCUT2D eigenvalue weighted by Crippen LogP contribution is 2.30. The highest BCUT2D eigenvalue weighted by Gasteiger charge is 2.09. The second-order valence-electron chi connectivity index (χ2n) is 5.06. The van der Waals surface area contributed by atoms with Crippen LogP contribution in [0.25, 0.3) is 10.8 Å². The average molecular weight is 361 g/mol. The van der Waals surface area contributed by atoms with Gasteiger partial charge in [0, 0.05) is 16.2 Å². The average Bonchev–Trinajstić information content (AvgIpc) is 2.50. The molecule has 1 unspecified atom stereocenters. The zero-order valence-corrected chi connectivity index (χ0v) is 13.9. The first kappa shape index (κ1) is 14.4. The Morgan fingerprint density at radius 3 is 2.57 bits per heavy atom. The van der Waals surface area contributed by atoms with Crippen molar-refractivity contribution in [2.24, 2.45) is 0 Å². The van der Waals surface area contributed by atoms with E-state index in [9.17, 15) is 0 Å². The number of hydrogen-bond donors (Lipinski definition) is 1. The molecule has 1 N–H and O–H groups in total. The van der Waals surface area contributed by atoms with Gasteiger partial charge < -0.3 is 5.32 Å². The minimum atomic E-state index is 0.212. The minimum absolute atomic E-state index is 0.212. The second-order valence-corrected chi connectivity index (χ2v) is 6.32. The Labute approximate surface area is 138 Å². The van der Waals surface area contributed by atoms with Gasteiger partial charge in [-0.05, 0) is 57.4 Å². The summed E-state index contributed by atoms with van der Waals surface area (Å²) >= 11 is 9.50. The number of nitrogens with one attached hydrogen (secondary N) is 1. The molecule has 0 fully saturated rings. The van der Waals surface area contributed by atoms with Crippen LogP contribution >= 0.6 is 27.5 Å². The number of rotatable bonds is 3. The summed E-state index contributed by atoms with van der Waals surface area (Å²) in [5, 5.41) is 6.80. The van der Waals surface area contributed by atoms with Gasteiger partial charge in [-0.1, -0.05) is 54.1 Å². The van der Waals surface area contributed by atoms with Crippen molar-refractivity contribution in [3.63, 3.8) is 0 Å². The lowest BCUT2D eigenvalue weighted by Gasteiger charge is -2.18. The van der Waals surface area contributed by atoms with Gasteiger partial charge in [0.2, 0.25) is 0 Å². The van der Waals surface area contributed by atoms with E-state index >= 15 is 0 Å². The lowest BCUT2D eigenvalue weighted by atomic mass is 9.99. The van der Waals surface area contributed by atoms with Crippen molar-refractivity contribution in [2.45, 2.75) is 13.0 Å². The third kappa shape index (κ3) is 3.07. The zero-order valence-electron chi connectivity index (χ0n) is 11.6. The molecule has 0 bridgehead atoms. The molecule has 3 aromatic rings. The minimum Gasteiger partial charge on any atom is -0.378 e. The first-order valence-electron chi connectivity index (χ1n) is 6.84. The standard InChI is InChI=1S/C18H15BrClN/c1-12(21-14-9-10-18(20)17(19)11-14)15-8-4-6-13-5-2-3-7-16(13)15/h2-12,21H,1H3. The Morgan fingerprint density at radius 1 is 1.00 bits per heavy atom. The van der Waals surface area contributed by atoms with Crippen molar-refractivity contribution in [2.75, 3.05) is 5.32 Å². The molecule has 106 valence electrons. The van der Waals surface area contributed by atoms with E-state index in [1.807, 2.05) is 18.2 Å². The Morgan fingerprint density at radius 2 is 1.76 bits per heavy atom. The lowest BCUT2D eigenvalue weighted by molar-refractivity contribution is 0.894. The van der Waals surface area contributed by atoms with Crippen LogP contribution in [0, 0.1) is 0 Å². The van der Waals surface area contributed by atoms with Crippen molar-refractivity contribution < 1.29 is 0 Å². The van der Waals surface area contributed by atoms with Gasteiger partial charge in [0.15, 0.2) is 0 Å². The van der Waals surface area contributed by atoms with Gasteiger partial charge in [-0.25, -0.2) is 0 Å². The van der Waals surface area contributed by atoms with Crippen LogP contribution in [0.2, 0.25) is 5.02 Å². The summed E-state index contributed by atoms with van der Waals surface area (Å²) < 4.78 is 0.902. The topological polar surface area (TPSA) is 12.0 Å². The lowest BCUT2D eigenvalue weighted by Crippen LogP contribution is -2.07. The largest absolute Gasteiger partial charge is 0.378 e. The summed E-state index contributed by atoms with van der Waals surface area (Å²) in [6.45, 7) is 2.17. The van der Waals surface area contributed by atoms with Gasteiger partial charge in [0.05, 0.1) is 5.02 Å². The summed E-state index contributed by atoms with van der Waals surface area (Å²) in [6.07, 6.45) is 0. The first-order chi connectivity index (χ1) is 10.1. The van der Waals surface area contributed by atoms with E-state index in [1.54, 1.807) is 0 Å². The Kier molecular flexibility index (Phi) is 4.18. The fourth-order valence-corrected chi connectivity index (χ4v) is 3.04. The fraction of sp³-hybridized carbons (Fsp3) is 0.111. The quantitative estimate of drug-likeness (QED) is 0.567. The molecule has 3 aromatic carbocycles. The smallest absolute Gasteiger partial charge is 0.0549 e. The summed E-state index contributed by atoms with van der Waals surface area (Å²) in [5.74, 6) is 0. The molecule has 0 radical (unpaired) electrons. The molecule has 1 atom stereocenters. The monoisotopic (exact) mass is 359 g/mol. The molecule has 1 nitrogen and oxygen atoms in total. The summed E-state index contributed by atoms with van der Waals surface area (Å²) in [7, 11) is 0. The fourth-order valence-electron chi connectivity index (χ4n) is 2.54. The first-order valence-corrected chi connectivity index (χ1v) is 8.01. The summed E-state index contributed by atoms with van der Waals surface area (Å²) in [4.78, 5) is 0. The molecule has 0 aliphatic carbocycles. The van der Waals surface area contributed by atoms with Crippen LogP contribution in [0.3, 0.4) is 0 Å². The van der Waals surface area contributed by atoms with Crippen LogP contribution in [0.5, 0.6) is 0 Å². The van der Waals surface area contributed by atoms with E-state index in [0.29, 0.717) is 0 Å². The van der Waals surface area contributed by atoms with Gasteiger partial charge in [-0.2, -0.15) is 0 Å². The second kappa shape index (κ2) is 6.08. The SMILES string of the molecule is CC(Nc1ccc(Cl)c(Br)c1)c1cccc2ccccc12. The third-order valence-electron chi connectivity index (χ3n) is 3.59. The predicted octanol–water partition coefficient (Wildman–Crippen LogP) is 6.43. The molecule has 0 amide bonds. The maximum absolute atomic E-state index is 6.04. The molecule has 21 heavy (non-hydrogen) atoms. The Hall–Kier alpha value is -1.51. The molecule has 0 saturated carbocycles. The highest BCUT2D eigenvalue weighted by molar-refractivity contribution is 9.10. The molecule has 0 aliphatic rings. The molecule has 0 aliphatic heterocycles. The maximum Gasteiger partial charge on any atom is 0.0549 e. The Bertz CT molecular complexity index is 780. The number of fused-ring (bicyclic) bond motifs is 1. The molecule has 3 heteroatoms. The van der Waals surface area contributed by atoms with Crippen molar-refractivity contribution in [1.29, 1.82) is 0 Å². The van der Waals surface area contributed by atoms with E-state index in [-0.39, 0.29) is 6.04 Å². The van der Waals surface area contributed by atoms with Crippen LogP contribution in [-0.2, 0) is 0 Å². The molecule has 0 heterocycles. The van der Waals surface area contributed by atoms with Gasteiger partial charge in [0.25, 0.3) is 0 Å². The highest BCUT2D eigenvalue weighted by atomic mass is 79.9. The third-order valence-corrected chi connectivity index (χ3v) is 4.81. The van der Waals surface area contributed by atoms with E-state index in [1.165, 1.54) is 16.3 Å². The summed E-state index contributed by atoms with van der Waals surface area (Å²) in [6, 6.07) is 21.0. The van der Waals surface area contributed by atoms with Crippen LogP contribution in [-0.4, -0.2) is 0 Å². The predicted molar refractivity (Wildman–Crippen MR) is 95.1 cm³/mol. The molecule has 0 spiro atoms. The molecular weight excluding hydrogens is 346 g/mol. The van der Waals surface area contributed by atoms with Crippen LogP contribution < -0.4 is 5.32 Å². The Balaban J connectivity index is 1.93. The number of benzene rings is 3. The van der Waals surface area contributed by atoms with Crippen molar-refractivity contribution in [3.05, 3.63) is 75.7 Å². The molecule has 0 saturated heterocycles. The van der Waals surface area contributed by atoms with E-state index in [4.69, 9.17) is 11.6 Å². The number of hydrogen-bond acceptors (Lipinski definition) is 1. The zero-order chi connectivity index (χ0) is 14.8. The van der Waals surface area contributed by atoms with Gasteiger partial charge in [-0.3, -0.25) is 0 Å². The number of anilines is 1. The molecule has 3 rings (SSSR count).